The van der Waals surface area contributed by atoms with Crippen LogP contribution < -0.4 is 0 Å². The van der Waals surface area contributed by atoms with Crippen molar-refractivity contribution in [1.29, 1.82) is 0 Å². The lowest BCUT2D eigenvalue weighted by atomic mass is 10.1. The minimum absolute atomic E-state index is 0.251. The molecular weight excluding hydrogens is 202 g/mol. The van der Waals surface area contributed by atoms with Crippen molar-refractivity contribution in [3.05, 3.63) is 22.5 Å². The van der Waals surface area contributed by atoms with E-state index in [0.717, 1.165) is 23.5 Å². The maximum absolute atomic E-state index is 11.0. The Morgan fingerprint density at radius 1 is 1.43 bits per heavy atom. The number of carbonyl (C=O) groups is 1. The summed E-state index contributed by atoms with van der Waals surface area (Å²) < 4.78 is 1.97. The molecule has 0 aromatic carbocycles. The van der Waals surface area contributed by atoms with Crippen LogP contribution in [-0.4, -0.2) is 15.6 Å². The zero-order valence-electron chi connectivity index (χ0n) is 8.59. The van der Waals surface area contributed by atoms with Crippen molar-refractivity contribution in [1.82, 2.24) is 4.57 Å². The number of hydrogen-bond acceptors (Lipinski definition) is 1. The molecule has 4 heteroatoms. The number of aromatic nitrogens is 1. The van der Waals surface area contributed by atoms with E-state index in [9.17, 15) is 4.79 Å². The molecule has 0 aliphatic rings. The number of rotatable bonds is 3. The summed E-state index contributed by atoms with van der Waals surface area (Å²) in [6, 6.07) is 0. The molecule has 0 spiro atoms. The molecule has 1 heterocycles. The third-order valence-corrected chi connectivity index (χ3v) is 2.84. The third kappa shape index (κ3) is 1.52. The molecule has 3 nitrogen and oxygen atoms in total. The first kappa shape index (κ1) is 11.1. The molecule has 0 unspecified atom stereocenters. The van der Waals surface area contributed by atoms with Crippen molar-refractivity contribution >= 4 is 17.6 Å². The summed E-state index contributed by atoms with van der Waals surface area (Å²) in [6.45, 7) is 6.48. The molecule has 0 atom stereocenters. The quantitative estimate of drug-likeness (QED) is 0.788. The molecule has 1 N–H and O–H groups in total. The van der Waals surface area contributed by atoms with Crippen molar-refractivity contribution in [3.8, 4) is 0 Å². The number of aromatic carboxylic acids is 1. The molecule has 78 valence electrons. The molecule has 1 aromatic heterocycles. The van der Waals surface area contributed by atoms with Gasteiger partial charge in [0.1, 0.15) is 0 Å². The van der Waals surface area contributed by atoms with E-state index in [1.807, 2.05) is 25.3 Å². The molecule has 1 aromatic rings. The van der Waals surface area contributed by atoms with Gasteiger partial charge in [-0.15, -0.1) is 11.6 Å². The Bertz CT molecular complexity index is 369. The Labute approximate surface area is 88.3 Å². The van der Waals surface area contributed by atoms with Gasteiger partial charge in [0.2, 0.25) is 0 Å². The first-order valence-corrected chi connectivity index (χ1v) is 5.05. The van der Waals surface area contributed by atoms with Crippen molar-refractivity contribution in [2.75, 3.05) is 0 Å². The van der Waals surface area contributed by atoms with Gasteiger partial charge < -0.3 is 9.67 Å². The highest BCUT2D eigenvalue weighted by Crippen LogP contribution is 2.23. The van der Waals surface area contributed by atoms with Gasteiger partial charge in [-0.1, -0.05) is 0 Å². The van der Waals surface area contributed by atoms with Crippen LogP contribution >= 0.6 is 11.6 Å². The topological polar surface area (TPSA) is 42.2 Å². The predicted molar refractivity (Wildman–Crippen MR) is 56.1 cm³/mol. The molecule has 0 amide bonds. The lowest BCUT2D eigenvalue weighted by Crippen LogP contribution is -2.02. The van der Waals surface area contributed by atoms with Gasteiger partial charge in [0.05, 0.1) is 11.4 Å². The highest BCUT2D eigenvalue weighted by molar-refractivity contribution is 6.17. The summed E-state index contributed by atoms with van der Waals surface area (Å²) in [7, 11) is 0. The second-order valence-corrected chi connectivity index (χ2v) is 3.47. The van der Waals surface area contributed by atoms with E-state index in [1.54, 1.807) is 0 Å². The number of alkyl halides is 1. The Hall–Kier alpha value is -0.960. The van der Waals surface area contributed by atoms with Gasteiger partial charge in [0, 0.05) is 23.5 Å². The monoisotopic (exact) mass is 215 g/mol. The average Bonchev–Trinajstić information content (AvgIpc) is 2.37. The zero-order valence-corrected chi connectivity index (χ0v) is 9.35. The standard InChI is InChI=1S/C10H14ClNO2/c1-4-12-6(2)8(5-11)9(7(12)3)10(13)14/h4-5H2,1-3H3,(H,13,14). The van der Waals surface area contributed by atoms with E-state index in [0.29, 0.717) is 5.56 Å². The number of halogens is 1. The van der Waals surface area contributed by atoms with Gasteiger partial charge >= 0.3 is 5.97 Å². The summed E-state index contributed by atoms with van der Waals surface area (Å²) in [4.78, 5) is 11.0. The summed E-state index contributed by atoms with van der Waals surface area (Å²) >= 11 is 5.75. The van der Waals surface area contributed by atoms with Crippen LogP contribution in [0.25, 0.3) is 0 Å². The van der Waals surface area contributed by atoms with Crippen LogP contribution in [0.5, 0.6) is 0 Å². The van der Waals surface area contributed by atoms with Gasteiger partial charge in [-0.2, -0.15) is 0 Å². The summed E-state index contributed by atoms with van der Waals surface area (Å²) in [5, 5.41) is 9.04. The molecule has 0 bridgehead atoms. The van der Waals surface area contributed by atoms with E-state index in [1.165, 1.54) is 0 Å². The number of nitrogens with zero attached hydrogens (tertiary/aromatic N) is 1. The Morgan fingerprint density at radius 3 is 2.29 bits per heavy atom. The molecule has 0 saturated heterocycles. The molecule has 14 heavy (non-hydrogen) atoms. The Balaban J connectivity index is 3.47. The third-order valence-electron chi connectivity index (χ3n) is 2.57. The second-order valence-electron chi connectivity index (χ2n) is 3.21. The summed E-state index contributed by atoms with van der Waals surface area (Å²) in [5.74, 6) is -0.644. The highest BCUT2D eigenvalue weighted by atomic mass is 35.5. The van der Waals surface area contributed by atoms with Gasteiger partial charge in [0.25, 0.3) is 0 Å². The average molecular weight is 216 g/mol. The van der Waals surface area contributed by atoms with Crippen LogP contribution in [0, 0.1) is 13.8 Å². The number of carboxylic acids is 1. The maximum Gasteiger partial charge on any atom is 0.337 e. The largest absolute Gasteiger partial charge is 0.478 e. The zero-order chi connectivity index (χ0) is 10.9. The van der Waals surface area contributed by atoms with Gasteiger partial charge in [-0.3, -0.25) is 0 Å². The summed E-state index contributed by atoms with van der Waals surface area (Å²) in [6.07, 6.45) is 0. The second kappa shape index (κ2) is 4.05. The van der Waals surface area contributed by atoms with Crippen LogP contribution in [0.1, 0.15) is 34.2 Å². The fourth-order valence-electron chi connectivity index (χ4n) is 1.87. The van der Waals surface area contributed by atoms with Gasteiger partial charge in [0.15, 0.2) is 0 Å². The van der Waals surface area contributed by atoms with Crippen LogP contribution in [0.15, 0.2) is 0 Å². The lowest BCUT2D eigenvalue weighted by molar-refractivity contribution is 0.0695. The minimum Gasteiger partial charge on any atom is -0.478 e. The van der Waals surface area contributed by atoms with Crippen molar-refractivity contribution in [3.63, 3.8) is 0 Å². The highest BCUT2D eigenvalue weighted by Gasteiger charge is 2.20. The van der Waals surface area contributed by atoms with E-state index in [4.69, 9.17) is 16.7 Å². The molecule has 0 saturated carbocycles. The molecule has 1 rings (SSSR count). The van der Waals surface area contributed by atoms with Crippen LogP contribution in [0.2, 0.25) is 0 Å². The first-order valence-electron chi connectivity index (χ1n) is 4.52. The lowest BCUT2D eigenvalue weighted by Gasteiger charge is -2.04. The summed E-state index contributed by atoms with van der Waals surface area (Å²) in [5.41, 5.74) is 2.84. The van der Waals surface area contributed by atoms with Crippen molar-refractivity contribution < 1.29 is 9.90 Å². The molecule has 0 aliphatic heterocycles. The normalized spacial score (nSPS) is 10.6. The molecule has 0 radical (unpaired) electrons. The van der Waals surface area contributed by atoms with Crippen LogP contribution in [0.3, 0.4) is 0 Å². The van der Waals surface area contributed by atoms with Crippen molar-refractivity contribution in [2.24, 2.45) is 0 Å². The van der Waals surface area contributed by atoms with Crippen molar-refractivity contribution in [2.45, 2.75) is 33.2 Å². The number of hydrogen-bond donors (Lipinski definition) is 1. The fraction of sp³-hybridized carbons (Fsp3) is 0.500. The smallest absolute Gasteiger partial charge is 0.337 e. The Kier molecular flexibility index (Phi) is 3.21. The molecular formula is C10H14ClNO2. The first-order chi connectivity index (χ1) is 6.54. The van der Waals surface area contributed by atoms with Crippen LogP contribution in [0.4, 0.5) is 0 Å². The predicted octanol–water partition coefficient (Wildman–Crippen LogP) is 2.56. The SMILES string of the molecule is CCn1c(C)c(CCl)c(C(=O)O)c1C. The molecule has 0 fully saturated rings. The van der Waals surface area contributed by atoms with E-state index in [-0.39, 0.29) is 5.88 Å². The van der Waals surface area contributed by atoms with E-state index >= 15 is 0 Å². The Morgan fingerprint density at radius 2 is 2.00 bits per heavy atom. The van der Waals surface area contributed by atoms with Crippen LogP contribution in [-0.2, 0) is 12.4 Å². The molecule has 0 aliphatic carbocycles. The number of carboxylic acid groups (broad SMARTS) is 1. The minimum atomic E-state index is -0.895. The fourth-order valence-corrected chi connectivity index (χ4v) is 2.20. The van der Waals surface area contributed by atoms with Gasteiger partial charge in [-0.25, -0.2) is 4.79 Å². The van der Waals surface area contributed by atoms with E-state index in [2.05, 4.69) is 0 Å². The van der Waals surface area contributed by atoms with Gasteiger partial charge in [-0.05, 0) is 20.8 Å². The maximum atomic E-state index is 11.0. The van der Waals surface area contributed by atoms with E-state index < -0.39 is 5.97 Å².